The molecular weight excluding hydrogens is 928 g/mol. The Bertz CT molecular complexity index is 1530. The lowest BCUT2D eigenvalue weighted by molar-refractivity contribution is -0.161. The van der Waals surface area contributed by atoms with Gasteiger partial charge >= 0.3 is 25.7 Å². The molecular formula is C60H103O11P. The van der Waals surface area contributed by atoms with Crippen molar-refractivity contribution in [2.24, 2.45) is 0 Å². The summed E-state index contributed by atoms with van der Waals surface area (Å²) in [6.07, 6.45) is 61.1. The highest BCUT2D eigenvalue weighted by Crippen LogP contribution is 2.43. The molecule has 0 aliphatic heterocycles. The molecule has 0 aromatic carbocycles. The van der Waals surface area contributed by atoms with E-state index in [0.29, 0.717) is 19.3 Å². The molecule has 0 rings (SSSR count). The summed E-state index contributed by atoms with van der Waals surface area (Å²) in [4.78, 5) is 48.5. The van der Waals surface area contributed by atoms with Gasteiger partial charge in [-0.25, -0.2) is 4.57 Å². The van der Waals surface area contributed by atoms with Crippen LogP contribution in [-0.4, -0.2) is 66.5 Å². The number of allylic oxidation sites excluding steroid dienone is 14. The predicted octanol–water partition coefficient (Wildman–Crippen LogP) is 16.7. The average molecular weight is 1030 g/mol. The minimum atomic E-state index is -4.76. The van der Waals surface area contributed by atoms with Gasteiger partial charge in [0.15, 0.2) is 6.10 Å². The molecule has 0 aromatic rings. The first kappa shape index (κ1) is 68.7. The molecule has 12 heteroatoms. The van der Waals surface area contributed by atoms with Gasteiger partial charge in [0.1, 0.15) is 12.7 Å². The molecule has 3 atom stereocenters. The van der Waals surface area contributed by atoms with Crippen molar-refractivity contribution in [2.45, 2.75) is 251 Å². The fourth-order valence-electron chi connectivity index (χ4n) is 7.50. The fourth-order valence-corrected chi connectivity index (χ4v) is 8.28. The van der Waals surface area contributed by atoms with Crippen molar-refractivity contribution in [3.05, 3.63) is 85.1 Å². The first-order valence-electron chi connectivity index (χ1n) is 28.5. The van der Waals surface area contributed by atoms with Crippen LogP contribution < -0.4 is 0 Å². The molecule has 11 nitrogen and oxygen atoms in total. The van der Waals surface area contributed by atoms with Crippen LogP contribution in [0.3, 0.4) is 0 Å². The van der Waals surface area contributed by atoms with E-state index in [4.69, 9.17) is 23.3 Å². The third-order valence-electron chi connectivity index (χ3n) is 11.8. The molecule has 2 N–H and O–H groups in total. The number of hydrogen-bond donors (Lipinski definition) is 2. The van der Waals surface area contributed by atoms with Crippen LogP contribution in [0.5, 0.6) is 0 Å². The van der Waals surface area contributed by atoms with Crippen LogP contribution >= 0.6 is 7.82 Å². The van der Waals surface area contributed by atoms with Crippen LogP contribution in [0.15, 0.2) is 85.1 Å². The minimum Gasteiger partial charge on any atom is -0.462 e. The average Bonchev–Trinajstić information content (AvgIpc) is 3.37. The highest BCUT2D eigenvalue weighted by Gasteiger charge is 2.28. The lowest BCUT2D eigenvalue weighted by atomic mass is 10.1. The molecule has 0 radical (unpaired) electrons. The molecule has 72 heavy (non-hydrogen) atoms. The Morgan fingerprint density at radius 1 is 0.403 bits per heavy atom. The van der Waals surface area contributed by atoms with Crippen molar-refractivity contribution in [1.82, 2.24) is 0 Å². The standard InChI is InChI=1S/C60H103O11P/c1-4-7-10-13-16-19-22-25-27-28-30-33-36-39-42-45-48-51-60(64)71-57(53-67-58(62)49-46-43-40-37-34-31-24-21-18-15-12-9-6-3)55-69-72(65,66)68-54-56(52-61)70-59(63)50-47-44-41-38-35-32-29-26-23-20-17-14-11-8-5-2/h7,9-10,12,16,18-19,21,25-27,29,31,34,56-57,61H,4-6,8,11,13-15,17,20,22-24,28,30,32-33,35-55H2,1-3H3,(H,65,66)/b10-7-,12-9-,19-16-,21-18-,27-25-,29-26-,34-31-. The quantitative estimate of drug-likeness (QED) is 0.0197. The monoisotopic (exact) mass is 1030 g/mol. The number of unbranched alkanes of at least 4 members (excludes halogenated alkanes) is 21. The number of phosphoric ester groups is 1. The Morgan fingerprint density at radius 2 is 0.722 bits per heavy atom. The van der Waals surface area contributed by atoms with Crippen molar-refractivity contribution in [3.63, 3.8) is 0 Å². The highest BCUT2D eigenvalue weighted by atomic mass is 31.2. The van der Waals surface area contributed by atoms with Crippen molar-refractivity contribution in [3.8, 4) is 0 Å². The Morgan fingerprint density at radius 3 is 1.14 bits per heavy atom. The van der Waals surface area contributed by atoms with Gasteiger partial charge in [-0.15, -0.1) is 0 Å². The second-order valence-corrected chi connectivity index (χ2v) is 20.1. The van der Waals surface area contributed by atoms with Gasteiger partial charge in [0.25, 0.3) is 0 Å². The summed E-state index contributed by atoms with van der Waals surface area (Å²) in [5.41, 5.74) is 0. The molecule has 0 saturated heterocycles. The topological polar surface area (TPSA) is 155 Å². The van der Waals surface area contributed by atoms with Gasteiger partial charge in [-0.3, -0.25) is 23.4 Å². The molecule has 0 bridgehead atoms. The van der Waals surface area contributed by atoms with Gasteiger partial charge in [0, 0.05) is 19.3 Å². The van der Waals surface area contributed by atoms with Gasteiger partial charge in [-0.05, 0) is 109 Å². The summed E-state index contributed by atoms with van der Waals surface area (Å²) in [6, 6.07) is 0. The maximum absolute atomic E-state index is 12.9. The molecule has 0 spiro atoms. The summed E-state index contributed by atoms with van der Waals surface area (Å²) < 4.78 is 39.5. The number of hydrogen-bond acceptors (Lipinski definition) is 10. The lowest BCUT2D eigenvalue weighted by Crippen LogP contribution is -2.30. The number of carbonyl (C=O) groups is 3. The number of ether oxygens (including phenoxy) is 3. The molecule has 0 amide bonds. The van der Waals surface area contributed by atoms with E-state index in [1.807, 2.05) is 0 Å². The summed E-state index contributed by atoms with van der Waals surface area (Å²) in [5, 5.41) is 9.81. The number of rotatable bonds is 52. The van der Waals surface area contributed by atoms with Crippen LogP contribution in [0.1, 0.15) is 239 Å². The summed E-state index contributed by atoms with van der Waals surface area (Å²) in [6.45, 7) is 4.36. The first-order valence-corrected chi connectivity index (χ1v) is 30.0. The molecule has 0 heterocycles. The molecule has 0 fully saturated rings. The molecule has 414 valence electrons. The van der Waals surface area contributed by atoms with Gasteiger partial charge in [0.2, 0.25) is 0 Å². The normalized spacial score (nSPS) is 14.0. The number of esters is 3. The van der Waals surface area contributed by atoms with E-state index >= 15 is 0 Å². The van der Waals surface area contributed by atoms with Crippen molar-refractivity contribution >= 4 is 25.7 Å². The Labute approximate surface area is 439 Å². The number of phosphoric acid groups is 1. The zero-order chi connectivity index (χ0) is 52.7. The van der Waals surface area contributed by atoms with Gasteiger partial charge in [-0.2, -0.15) is 0 Å². The van der Waals surface area contributed by atoms with E-state index in [0.717, 1.165) is 135 Å². The predicted molar refractivity (Wildman–Crippen MR) is 298 cm³/mol. The van der Waals surface area contributed by atoms with Crippen molar-refractivity contribution in [1.29, 1.82) is 0 Å². The third kappa shape index (κ3) is 51.6. The van der Waals surface area contributed by atoms with Gasteiger partial charge < -0.3 is 24.2 Å². The minimum absolute atomic E-state index is 0.146. The summed E-state index contributed by atoms with van der Waals surface area (Å²) in [5.74, 6) is -1.52. The smallest absolute Gasteiger partial charge is 0.462 e. The van der Waals surface area contributed by atoms with Crippen molar-refractivity contribution < 1.29 is 52.2 Å². The zero-order valence-electron chi connectivity index (χ0n) is 45.6. The van der Waals surface area contributed by atoms with E-state index in [9.17, 15) is 28.9 Å². The first-order chi connectivity index (χ1) is 35.2. The van der Waals surface area contributed by atoms with Gasteiger partial charge in [-0.1, -0.05) is 196 Å². The molecule has 3 unspecified atom stereocenters. The highest BCUT2D eigenvalue weighted by molar-refractivity contribution is 7.47. The summed E-state index contributed by atoms with van der Waals surface area (Å²) >= 11 is 0. The van der Waals surface area contributed by atoms with Crippen LogP contribution in [0.4, 0.5) is 0 Å². The van der Waals surface area contributed by atoms with E-state index in [2.05, 4.69) is 106 Å². The number of aliphatic hydroxyl groups excluding tert-OH is 1. The van der Waals surface area contributed by atoms with E-state index in [1.54, 1.807) is 0 Å². The Balaban J connectivity index is 4.76. The SMILES string of the molecule is CC/C=C\C/C=C\C/C=C\CCCCCCCCCC(=O)OC(COC(=O)CCCCC/C=C\C/C=C\C/C=C\CC)COP(=O)(O)OCC(CO)OC(=O)CCCCCCC/C=C\CCCCCCCC. The van der Waals surface area contributed by atoms with Crippen LogP contribution in [0.25, 0.3) is 0 Å². The van der Waals surface area contributed by atoms with Gasteiger partial charge in [0.05, 0.1) is 19.8 Å². The van der Waals surface area contributed by atoms with E-state index in [-0.39, 0.29) is 25.9 Å². The zero-order valence-corrected chi connectivity index (χ0v) is 46.5. The van der Waals surface area contributed by atoms with Crippen molar-refractivity contribution in [2.75, 3.05) is 26.4 Å². The number of aliphatic hydroxyl groups is 1. The van der Waals surface area contributed by atoms with E-state index < -0.39 is 57.8 Å². The third-order valence-corrected chi connectivity index (χ3v) is 12.7. The Kier molecular flexibility index (Phi) is 51.4. The van der Waals surface area contributed by atoms with E-state index in [1.165, 1.54) is 44.9 Å². The number of carbonyl (C=O) groups excluding carboxylic acids is 3. The molecule has 0 saturated carbocycles. The van der Waals surface area contributed by atoms with Crippen LogP contribution in [-0.2, 0) is 42.2 Å². The molecule has 0 aliphatic carbocycles. The van der Waals surface area contributed by atoms with Crippen LogP contribution in [0, 0.1) is 0 Å². The fraction of sp³-hybridized carbons (Fsp3) is 0.717. The molecule has 0 aromatic heterocycles. The maximum Gasteiger partial charge on any atom is 0.472 e. The Hall–Kier alpha value is -3.34. The second kappa shape index (κ2) is 53.9. The van der Waals surface area contributed by atoms with Crippen LogP contribution in [0.2, 0.25) is 0 Å². The summed E-state index contributed by atoms with van der Waals surface area (Å²) in [7, 11) is -4.76. The lowest BCUT2D eigenvalue weighted by Gasteiger charge is -2.21. The molecule has 0 aliphatic rings. The largest absolute Gasteiger partial charge is 0.472 e. The maximum atomic E-state index is 12.9. The second-order valence-electron chi connectivity index (χ2n) is 18.7.